The maximum Gasteiger partial charge on any atom is 0.413 e. The topological polar surface area (TPSA) is 106 Å². The average Bonchev–Trinajstić information content (AvgIpc) is 2.61. The highest BCUT2D eigenvalue weighted by Crippen LogP contribution is 2.36. The molecule has 2 aromatic carbocycles. The predicted molar refractivity (Wildman–Crippen MR) is 104 cm³/mol. The van der Waals surface area contributed by atoms with Gasteiger partial charge in [-0.1, -0.05) is 18.2 Å². The molecule has 1 aliphatic rings. The lowest BCUT2D eigenvalue weighted by Crippen LogP contribution is -2.32. The number of hydrogen-bond donors (Lipinski definition) is 2. The van der Waals surface area contributed by atoms with Crippen molar-refractivity contribution in [1.82, 2.24) is 5.32 Å². The van der Waals surface area contributed by atoms with E-state index in [2.05, 4.69) is 15.0 Å². The zero-order valence-corrected chi connectivity index (χ0v) is 16.1. The third-order valence-electron chi connectivity index (χ3n) is 3.24. The van der Waals surface area contributed by atoms with Crippen molar-refractivity contribution in [3.8, 4) is 5.75 Å². The van der Waals surface area contributed by atoms with E-state index in [9.17, 15) is 13.2 Å². The number of carbonyl (C=O) groups excluding carboxylic acids is 1. The molecule has 0 saturated heterocycles. The van der Waals surface area contributed by atoms with Gasteiger partial charge in [-0.25, -0.2) is 9.79 Å². The molecule has 0 fully saturated rings. The van der Waals surface area contributed by atoms with E-state index in [1.165, 1.54) is 24.3 Å². The van der Waals surface area contributed by atoms with Crippen LogP contribution in [0.4, 0.5) is 16.2 Å². The van der Waals surface area contributed by atoms with Crippen molar-refractivity contribution < 1.29 is 22.1 Å². The molecular formula is C17H17N3O5S2. The number of hydrogen-bond acceptors (Lipinski definition) is 8. The van der Waals surface area contributed by atoms with Crippen molar-refractivity contribution in [1.29, 1.82) is 0 Å². The number of nitrogens with zero attached hydrogens (tertiary/aromatic N) is 1. The van der Waals surface area contributed by atoms with Crippen molar-refractivity contribution in [2.45, 2.75) is 24.8 Å². The minimum Gasteiger partial charge on any atom is -0.447 e. The highest BCUT2D eigenvalue weighted by atomic mass is 32.2. The Morgan fingerprint density at radius 2 is 1.93 bits per heavy atom. The molecule has 1 amide bonds. The van der Waals surface area contributed by atoms with E-state index < -0.39 is 16.2 Å². The Bertz CT molecular complexity index is 975. The van der Waals surface area contributed by atoms with Gasteiger partial charge in [-0.15, -0.1) is 0 Å². The fourth-order valence-electron chi connectivity index (χ4n) is 2.12. The second kappa shape index (κ2) is 7.89. The summed E-state index contributed by atoms with van der Waals surface area (Å²) in [5, 5.41) is 2.79. The first kappa shape index (κ1) is 19.1. The number of rotatable bonds is 4. The maximum absolute atomic E-state index is 12.3. The molecule has 142 valence electrons. The van der Waals surface area contributed by atoms with Gasteiger partial charge in [-0.2, -0.15) is 8.42 Å². The first-order valence-electron chi connectivity index (χ1n) is 7.96. The van der Waals surface area contributed by atoms with Gasteiger partial charge in [0.05, 0.1) is 17.5 Å². The molecular weight excluding hydrogens is 390 g/mol. The Morgan fingerprint density at radius 1 is 1.19 bits per heavy atom. The number of anilines is 1. The third-order valence-corrected chi connectivity index (χ3v) is 5.21. The van der Waals surface area contributed by atoms with Gasteiger partial charge in [0, 0.05) is 18.0 Å². The minimum absolute atomic E-state index is 0.0543. The van der Waals surface area contributed by atoms with Crippen LogP contribution in [0.1, 0.15) is 13.8 Å². The van der Waals surface area contributed by atoms with E-state index in [0.29, 0.717) is 11.4 Å². The van der Waals surface area contributed by atoms with E-state index in [0.717, 1.165) is 11.9 Å². The lowest BCUT2D eigenvalue weighted by molar-refractivity contribution is 0.121. The van der Waals surface area contributed by atoms with Crippen LogP contribution >= 0.6 is 11.9 Å². The SMILES string of the molecule is CC(C)OC(=O)NC1=Nc2cc(OS(=O)(=O)c3ccccc3)ccc2NS1. The molecule has 1 heterocycles. The summed E-state index contributed by atoms with van der Waals surface area (Å²) in [5.41, 5.74) is 1.08. The summed E-state index contributed by atoms with van der Waals surface area (Å²) in [4.78, 5) is 16.0. The summed E-state index contributed by atoms with van der Waals surface area (Å²) in [6.45, 7) is 3.47. The molecule has 2 N–H and O–H groups in total. The normalized spacial score (nSPS) is 13.2. The van der Waals surface area contributed by atoms with Gasteiger partial charge >= 0.3 is 16.2 Å². The zero-order chi connectivity index (χ0) is 19.4. The minimum atomic E-state index is -3.95. The molecule has 0 saturated carbocycles. The molecule has 0 bridgehead atoms. The number of carbonyl (C=O) groups is 1. The lowest BCUT2D eigenvalue weighted by Gasteiger charge is -2.18. The van der Waals surface area contributed by atoms with Crippen LogP contribution in [-0.4, -0.2) is 25.8 Å². The summed E-state index contributed by atoms with van der Waals surface area (Å²) in [6, 6.07) is 12.5. The Balaban J connectivity index is 1.79. The molecule has 1 aliphatic heterocycles. The van der Waals surface area contributed by atoms with Gasteiger partial charge in [0.15, 0.2) is 5.17 Å². The van der Waals surface area contributed by atoms with Gasteiger partial charge in [0.1, 0.15) is 10.6 Å². The van der Waals surface area contributed by atoms with Crippen LogP contribution in [-0.2, 0) is 14.9 Å². The molecule has 0 aliphatic carbocycles. The van der Waals surface area contributed by atoms with E-state index in [1.54, 1.807) is 38.1 Å². The van der Waals surface area contributed by atoms with Gasteiger partial charge < -0.3 is 13.6 Å². The van der Waals surface area contributed by atoms with E-state index in [-0.39, 0.29) is 21.9 Å². The summed E-state index contributed by atoms with van der Waals surface area (Å²) < 4.78 is 37.8. The molecule has 2 aromatic rings. The van der Waals surface area contributed by atoms with E-state index in [4.69, 9.17) is 8.92 Å². The third kappa shape index (κ3) is 4.92. The largest absolute Gasteiger partial charge is 0.447 e. The average molecular weight is 407 g/mol. The Labute approximate surface area is 161 Å². The Morgan fingerprint density at radius 3 is 2.63 bits per heavy atom. The monoisotopic (exact) mass is 407 g/mol. The number of nitrogens with one attached hydrogen (secondary N) is 2. The Hall–Kier alpha value is -2.72. The van der Waals surface area contributed by atoms with Crippen molar-refractivity contribution >= 4 is 44.7 Å². The summed E-state index contributed by atoms with van der Waals surface area (Å²) in [6.07, 6.45) is -0.886. The van der Waals surface area contributed by atoms with Gasteiger partial charge in [0.25, 0.3) is 0 Å². The van der Waals surface area contributed by atoms with Crippen LogP contribution in [0.2, 0.25) is 0 Å². The van der Waals surface area contributed by atoms with Crippen LogP contribution in [0.5, 0.6) is 5.75 Å². The highest BCUT2D eigenvalue weighted by molar-refractivity contribution is 8.15. The molecule has 0 unspecified atom stereocenters. The number of benzene rings is 2. The number of alkyl carbamates (subject to hydrolysis) is 1. The number of amides is 1. The first-order valence-corrected chi connectivity index (χ1v) is 10.2. The van der Waals surface area contributed by atoms with Gasteiger partial charge in [-0.05, 0) is 38.1 Å². The lowest BCUT2D eigenvalue weighted by atomic mass is 10.2. The van der Waals surface area contributed by atoms with Crippen LogP contribution < -0.4 is 14.2 Å². The molecule has 0 atom stereocenters. The van der Waals surface area contributed by atoms with Crippen molar-refractivity contribution in [2.24, 2.45) is 4.99 Å². The van der Waals surface area contributed by atoms with Crippen LogP contribution in [0.15, 0.2) is 58.4 Å². The highest BCUT2D eigenvalue weighted by Gasteiger charge is 2.20. The fourth-order valence-corrected chi connectivity index (χ4v) is 3.73. The van der Waals surface area contributed by atoms with Gasteiger partial charge in [-0.3, -0.25) is 5.32 Å². The Kier molecular flexibility index (Phi) is 5.57. The van der Waals surface area contributed by atoms with Crippen molar-refractivity contribution in [2.75, 3.05) is 4.72 Å². The maximum atomic E-state index is 12.3. The second-order valence-corrected chi connectivity index (χ2v) is 8.07. The summed E-state index contributed by atoms with van der Waals surface area (Å²) >= 11 is 1.11. The first-order chi connectivity index (χ1) is 12.8. The predicted octanol–water partition coefficient (Wildman–Crippen LogP) is 3.65. The van der Waals surface area contributed by atoms with Gasteiger partial charge in [0.2, 0.25) is 0 Å². The molecule has 27 heavy (non-hydrogen) atoms. The number of fused-ring (bicyclic) bond motifs is 1. The molecule has 8 nitrogen and oxygen atoms in total. The summed E-state index contributed by atoms with van der Waals surface area (Å²) in [5.74, 6) is 0.110. The van der Waals surface area contributed by atoms with Crippen LogP contribution in [0.25, 0.3) is 0 Å². The molecule has 0 radical (unpaired) electrons. The number of ether oxygens (including phenoxy) is 1. The fraction of sp³-hybridized carbons (Fsp3) is 0.176. The molecule has 0 aromatic heterocycles. The zero-order valence-electron chi connectivity index (χ0n) is 14.5. The number of amidine groups is 1. The van der Waals surface area contributed by atoms with E-state index >= 15 is 0 Å². The number of aliphatic imine (C=N–C) groups is 1. The van der Waals surface area contributed by atoms with Crippen LogP contribution in [0.3, 0.4) is 0 Å². The summed E-state index contributed by atoms with van der Waals surface area (Å²) in [7, 11) is -3.95. The quantitative estimate of drug-likeness (QED) is 0.588. The smallest absolute Gasteiger partial charge is 0.413 e. The molecule has 3 rings (SSSR count). The van der Waals surface area contributed by atoms with Crippen molar-refractivity contribution in [3.05, 3.63) is 48.5 Å². The van der Waals surface area contributed by atoms with Crippen LogP contribution in [0, 0.1) is 0 Å². The standard InChI is InChI=1S/C17H17N3O5S2/c1-11(2)24-17(21)19-16-18-15-10-12(8-9-14(15)20-26-16)25-27(22,23)13-6-4-3-5-7-13/h3-11,20H,1-2H3,(H,18,19,21). The second-order valence-electron chi connectivity index (χ2n) is 5.73. The molecule has 10 heteroatoms. The van der Waals surface area contributed by atoms with Crippen molar-refractivity contribution in [3.63, 3.8) is 0 Å². The molecule has 0 spiro atoms. The van der Waals surface area contributed by atoms with E-state index in [1.807, 2.05) is 0 Å².